The minimum atomic E-state index is -3.92. The highest BCUT2D eigenvalue weighted by molar-refractivity contribution is 7.92. The SMILES string of the molecule is C[C@@H]1CN([C@H](C)CO)C(=O)c2cccc(NS(=O)(=O)c3ccccc3)c2O[C@H]1CN(C)Cc1ccccc1. The van der Waals surface area contributed by atoms with E-state index in [4.69, 9.17) is 4.74 Å². The maximum Gasteiger partial charge on any atom is 0.262 e. The Morgan fingerprint density at radius 3 is 2.37 bits per heavy atom. The maximum absolute atomic E-state index is 13.6. The molecule has 38 heavy (non-hydrogen) atoms. The van der Waals surface area contributed by atoms with Crippen molar-refractivity contribution >= 4 is 21.6 Å². The van der Waals surface area contributed by atoms with Gasteiger partial charge >= 0.3 is 0 Å². The Balaban J connectivity index is 1.71. The third-order valence-electron chi connectivity index (χ3n) is 6.78. The number of aliphatic hydroxyl groups excluding tert-OH is 1. The van der Waals surface area contributed by atoms with Gasteiger partial charge in [-0.2, -0.15) is 0 Å². The van der Waals surface area contributed by atoms with Crippen molar-refractivity contribution in [3.63, 3.8) is 0 Å². The smallest absolute Gasteiger partial charge is 0.262 e. The average molecular weight is 538 g/mol. The fourth-order valence-electron chi connectivity index (χ4n) is 4.61. The zero-order valence-corrected chi connectivity index (χ0v) is 22.8. The minimum absolute atomic E-state index is 0.0990. The number of hydrogen-bond donors (Lipinski definition) is 2. The molecule has 3 atom stereocenters. The summed E-state index contributed by atoms with van der Waals surface area (Å²) in [4.78, 5) is 17.5. The number of likely N-dealkylation sites (N-methyl/N-ethyl adjacent to an activating group) is 1. The molecule has 9 heteroatoms. The Hall–Kier alpha value is -3.40. The molecule has 1 aliphatic rings. The number of nitrogens with one attached hydrogen (secondary N) is 1. The van der Waals surface area contributed by atoms with E-state index in [1.165, 1.54) is 12.1 Å². The van der Waals surface area contributed by atoms with Crippen molar-refractivity contribution in [2.45, 2.75) is 37.4 Å². The summed E-state index contributed by atoms with van der Waals surface area (Å²) in [5.74, 6) is -0.222. The average Bonchev–Trinajstić information content (AvgIpc) is 2.91. The van der Waals surface area contributed by atoms with E-state index >= 15 is 0 Å². The third-order valence-corrected chi connectivity index (χ3v) is 8.16. The van der Waals surface area contributed by atoms with E-state index in [0.29, 0.717) is 19.6 Å². The number of nitrogens with zero attached hydrogens (tertiary/aromatic N) is 2. The van der Waals surface area contributed by atoms with Gasteiger partial charge in [0.2, 0.25) is 0 Å². The number of para-hydroxylation sites is 1. The molecule has 0 radical (unpaired) electrons. The molecule has 0 saturated heterocycles. The fourth-order valence-corrected chi connectivity index (χ4v) is 5.70. The number of benzene rings is 3. The van der Waals surface area contributed by atoms with Crippen LogP contribution in [0.1, 0.15) is 29.8 Å². The summed E-state index contributed by atoms with van der Waals surface area (Å²) in [7, 11) is -1.91. The summed E-state index contributed by atoms with van der Waals surface area (Å²) < 4.78 is 35.5. The lowest BCUT2D eigenvalue weighted by Gasteiger charge is -2.38. The van der Waals surface area contributed by atoms with Crippen LogP contribution in [0.25, 0.3) is 0 Å². The topological polar surface area (TPSA) is 99.2 Å². The summed E-state index contributed by atoms with van der Waals surface area (Å²) in [6.45, 7) is 5.26. The number of rotatable bonds is 9. The first-order valence-corrected chi connectivity index (χ1v) is 14.2. The molecule has 3 aromatic carbocycles. The number of amides is 1. The number of hydrogen-bond acceptors (Lipinski definition) is 6. The van der Waals surface area contributed by atoms with Crippen molar-refractivity contribution in [3.05, 3.63) is 90.0 Å². The zero-order valence-electron chi connectivity index (χ0n) is 21.9. The lowest BCUT2D eigenvalue weighted by molar-refractivity contribution is 0.0344. The van der Waals surface area contributed by atoms with E-state index in [1.807, 2.05) is 32.2 Å². The van der Waals surface area contributed by atoms with Crippen molar-refractivity contribution in [1.82, 2.24) is 9.80 Å². The fraction of sp³-hybridized carbons (Fsp3) is 0.345. The number of ether oxygens (including phenoxy) is 1. The Labute approximate surface area is 224 Å². The standard InChI is InChI=1S/C29H35N3O5S/c1-21-17-32(22(2)20-33)29(34)25-15-10-16-26(30-38(35,36)24-13-8-5-9-14-24)28(25)37-27(21)19-31(3)18-23-11-6-4-7-12-23/h4-16,21-22,27,30,33H,17-20H2,1-3H3/t21-,22-,27+/m1/s1. The summed E-state index contributed by atoms with van der Waals surface area (Å²) in [5, 5.41) is 9.89. The van der Waals surface area contributed by atoms with E-state index in [0.717, 1.165) is 5.56 Å². The molecule has 1 heterocycles. The molecule has 0 saturated carbocycles. The summed E-state index contributed by atoms with van der Waals surface area (Å²) in [6.07, 6.45) is -0.355. The Kier molecular flexibility index (Phi) is 8.71. The number of carbonyl (C=O) groups is 1. The van der Waals surface area contributed by atoms with Gasteiger partial charge in [0.1, 0.15) is 6.10 Å². The van der Waals surface area contributed by atoms with Crippen LogP contribution in [0, 0.1) is 5.92 Å². The minimum Gasteiger partial charge on any atom is -0.486 e. The molecule has 0 fully saturated rings. The molecular formula is C29H35N3O5S. The summed E-state index contributed by atoms with van der Waals surface area (Å²) in [5.41, 5.74) is 1.61. The van der Waals surface area contributed by atoms with Crippen LogP contribution in [0.2, 0.25) is 0 Å². The van der Waals surface area contributed by atoms with Crippen molar-refractivity contribution in [2.24, 2.45) is 5.92 Å². The quantitative estimate of drug-likeness (QED) is 0.430. The third kappa shape index (κ3) is 6.35. The molecule has 0 spiro atoms. The van der Waals surface area contributed by atoms with E-state index in [2.05, 4.69) is 21.8 Å². The Morgan fingerprint density at radius 1 is 1.05 bits per heavy atom. The van der Waals surface area contributed by atoms with Crippen LogP contribution in [0.5, 0.6) is 5.75 Å². The number of sulfonamides is 1. The molecule has 8 nitrogen and oxygen atoms in total. The zero-order chi connectivity index (χ0) is 27.3. The van der Waals surface area contributed by atoms with Crippen molar-refractivity contribution in [3.8, 4) is 5.75 Å². The molecule has 202 valence electrons. The highest BCUT2D eigenvalue weighted by Crippen LogP contribution is 2.36. The van der Waals surface area contributed by atoms with E-state index < -0.39 is 16.1 Å². The molecule has 2 N–H and O–H groups in total. The first-order valence-electron chi connectivity index (χ1n) is 12.7. The van der Waals surface area contributed by atoms with E-state index in [1.54, 1.807) is 48.2 Å². The van der Waals surface area contributed by atoms with Gasteiger partial charge in [-0.1, -0.05) is 61.5 Å². The normalized spacial score (nSPS) is 18.8. The highest BCUT2D eigenvalue weighted by Gasteiger charge is 2.35. The molecule has 4 rings (SSSR count). The van der Waals surface area contributed by atoms with Gasteiger partial charge in [-0.3, -0.25) is 14.4 Å². The monoisotopic (exact) mass is 537 g/mol. The van der Waals surface area contributed by atoms with Crippen LogP contribution in [-0.2, 0) is 16.6 Å². The second kappa shape index (κ2) is 12.0. The van der Waals surface area contributed by atoms with Gasteiger partial charge in [-0.25, -0.2) is 8.42 Å². The van der Waals surface area contributed by atoms with Crippen LogP contribution in [0.4, 0.5) is 5.69 Å². The van der Waals surface area contributed by atoms with Gasteiger partial charge in [-0.15, -0.1) is 0 Å². The second-order valence-corrected chi connectivity index (χ2v) is 11.6. The highest BCUT2D eigenvalue weighted by atomic mass is 32.2. The van der Waals surface area contributed by atoms with E-state index in [-0.39, 0.29) is 46.4 Å². The van der Waals surface area contributed by atoms with E-state index in [9.17, 15) is 18.3 Å². The number of fused-ring (bicyclic) bond motifs is 1. The number of carbonyl (C=O) groups excluding carboxylic acids is 1. The van der Waals surface area contributed by atoms with Crippen LogP contribution in [-0.4, -0.2) is 68.1 Å². The first-order chi connectivity index (χ1) is 18.2. The number of aliphatic hydroxyl groups is 1. The van der Waals surface area contributed by atoms with Gasteiger partial charge in [0.15, 0.2) is 5.75 Å². The molecule has 3 aromatic rings. The largest absolute Gasteiger partial charge is 0.486 e. The van der Waals surface area contributed by atoms with Crippen LogP contribution < -0.4 is 9.46 Å². The predicted octanol–water partition coefficient (Wildman–Crippen LogP) is 3.84. The lowest BCUT2D eigenvalue weighted by atomic mass is 9.99. The summed E-state index contributed by atoms with van der Waals surface area (Å²) in [6, 6.07) is 22.6. The van der Waals surface area contributed by atoms with Crippen LogP contribution in [0.15, 0.2) is 83.8 Å². The number of anilines is 1. The molecule has 0 unspecified atom stereocenters. The maximum atomic E-state index is 13.6. The molecule has 0 aromatic heterocycles. The lowest BCUT2D eigenvalue weighted by Crippen LogP contribution is -2.49. The summed E-state index contributed by atoms with van der Waals surface area (Å²) >= 11 is 0. The van der Waals surface area contributed by atoms with Gasteiger partial charge in [-0.05, 0) is 43.8 Å². The van der Waals surface area contributed by atoms with Crippen LogP contribution >= 0.6 is 0 Å². The second-order valence-electron chi connectivity index (χ2n) is 9.91. The van der Waals surface area contributed by atoms with Gasteiger partial charge in [0, 0.05) is 25.6 Å². The van der Waals surface area contributed by atoms with Crippen molar-refractivity contribution in [2.75, 3.05) is 31.5 Å². The van der Waals surface area contributed by atoms with Crippen molar-refractivity contribution < 1.29 is 23.1 Å². The van der Waals surface area contributed by atoms with Crippen LogP contribution in [0.3, 0.4) is 0 Å². The van der Waals surface area contributed by atoms with Crippen molar-refractivity contribution in [1.29, 1.82) is 0 Å². The molecule has 0 bridgehead atoms. The Bertz CT molecular complexity index is 1330. The van der Waals surface area contributed by atoms with Gasteiger partial charge < -0.3 is 14.7 Å². The van der Waals surface area contributed by atoms with Gasteiger partial charge in [0.25, 0.3) is 15.9 Å². The van der Waals surface area contributed by atoms with Gasteiger partial charge in [0.05, 0.1) is 28.8 Å². The first kappa shape index (κ1) is 27.6. The molecule has 1 aliphatic heterocycles. The molecular weight excluding hydrogens is 502 g/mol. The predicted molar refractivity (Wildman–Crippen MR) is 148 cm³/mol. The Morgan fingerprint density at radius 2 is 1.71 bits per heavy atom. The molecule has 1 amide bonds. The molecule has 0 aliphatic carbocycles.